The summed E-state index contributed by atoms with van der Waals surface area (Å²) in [5, 5.41) is 0. The van der Waals surface area contributed by atoms with Crippen LogP contribution in [-0.2, 0) is 11.2 Å². The SMILES string of the molecule is C/C=C/CCCCCCCCCCCc1ccc(OCC2CO2)cc1. The van der Waals surface area contributed by atoms with Gasteiger partial charge in [0, 0.05) is 0 Å². The lowest BCUT2D eigenvalue weighted by Crippen LogP contribution is -2.03. The fraction of sp³-hybridized carbons (Fsp3) is 0.652. The third kappa shape index (κ3) is 10.3. The Kier molecular flexibility index (Phi) is 10.4. The summed E-state index contributed by atoms with van der Waals surface area (Å²) in [4.78, 5) is 0. The van der Waals surface area contributed by atoms with Crippen LogP contribution in [0.1, 0.15) is 76.7 Å². The maximum Gasteiger partial charge on any atom is 0.119 e. The molecule has 0 saturated carbocycles. The van der Waals surface area contributed by atoms with Gasteiger partial charge in [0.25, 0.3) is 0 Å². The van der Waals surface area contributed by atoms with E-state index in [4.69, 9.17) is 9.47 Å². The Hall–Kier alpha value is -1.28. The highest BCUT2D eigenvalue weighted by atomic mass is 16.6. The summed E-state index contributed by atoms with van der Waals surface area (Å²) in [6, 6.07) is 8.59. The Balaban J connectivity index is 1.38. The van der Waals surface area contributed by atoms with E-state index in [1.54, 1.807) is 0 Å². The van der Waals surface area contributed by atoms with Crippen molar-refractivity contribution in [2.75, 3.05) is 13.2 Å². The van der Waals surface area contributed by atoms with Crippen LogP contribution in [0, 0.1) is 0 Å². The molecule has 0 radical (unpaired) electrons. The van der Waals surface area contributed by atoms with Crippen molar-refractivity contribution in [3.63, 3.8) is 0 Å². The zero-order chi connectivity index (χ0) is 17.6. The Morgan fingerprint density at radius 2 is 1.52 bits per heavy atom. The van der Waals surface area contributed by atoms with Gasteiger partial charge in [0.15, 0.2) is 0 Å². The average molecular weight is 345 g/mol. The van der Waals surface area contributed by atoms with Gasteiger partial charge in [-0.05, 0) is 50.3 Å². The van der Waals surface area contributed by atoms with Gasteiger partial charge in [-0.15, -0.1) is 0 Å². The molecule has 0 N–H and O–H groups in total. The summed E-state index contributed by atoms with van der Waals surface area (Å²) in [6.07, 6.45) is 19.7. The summed E-state index contributed by atoms with van der Waals surface area (Å²) in [5.74, 6) is 0.963. The minimum Gasteiger partial charge on any atom is -0.491 e. The van der Waals surface area contributed by atoms with E-state index in [0.29, 0.717) is 12.7 Å². The largest absolute Gasteiger partial charge is 0.491 e. The fourth-order valence-electron chi connectivity index (χ4n) is 3.10. The van der Waals surface area contributed by atoms with Gasteiger partial charge in [-0.25, -0.2) is 0 Å². The number of epoxide rings is 1. The number of allylic oxidation sites excluding steroid dienone is 2. The van der Waals surface area contributed by atoms with E-state index in [9.17, 15) is 0 Å². The van der Waals surface area contributed by atoms with Crippen LogP contribution in [0.5, 0.6) is 5.75 Å². The van der Waals surface area contributed by atoms with Gasteiger partial charge in [-0.1, -0.05) is 69.2 Å². The van der Waals surface area contributed by atoms with Gasteiger partial charge in [-0.3, -0.25) is 0 Å². The molecule has 0 amide bonds. The van der Waals surface area contributed by atoms with E-state index < -0.39 is 0 Å². The summed E-state index contributed by atoms with van der Waals surface area (Å²) in [7, 11) is 0. The maximum absolute atomic E-state index is 5.67. The minimum absolute atomic E-state index is 0.331. The van der Waals surface area contributed by atoms with Crippen LogP contribution in [-0.4, -0.2) is 19.3 Å². The van der Waals surface area contributed by atoms with E-state index in [1.807, 2.05) is 0 Å². The molecule has 0 spiro atoms. The standard InChI is InChI=1S/C23H36O2/c1-2-3-4-5-6-7-8-9-10-11-12-13-14-21-15-17-22(18-16-21)24-19-23-20-25-23/h2-3,15-18,23H,4-14,19-20H2,1H3/b3-2+. The van der Waals surface area contributed by atoms with Gasteiger partial charge >= 0.3 is 0 Å². The lowest BCUT2D eigenvalue weighted by molar-refractivity contribution is 0.263. The summed E-state index contributed by atoms with van der Waals surface area (Å²) < 4.78 is 10.8. The molecule has 1 fully saturated rings. The lowest BCUT2D eigenvalue weighted by Gasteiger charge is -2.06. The monoisotopic (exact) mass is 344 g/mol. The number of benzene rings is 1. The van der Waals surface area contributed by atoms with Crippen molar-refractivity contribution in [2.24, 2.45) is 0 Å². The van der Waals surface area contributed by atoms with Gasteiger partial charge in [-0.2, -0.15) is 0 Å². The quantitative estimate of drug-likeness (QED) is 0.206. The van der Waals surface area contributed by atoms with E-state index in [0.717, 1.165) is 12.4 Å². The zero-order valence-electron chi connectivity index (χ0n) is 16.1. The summed E-state index contributed by atoms with van der Waals surface area (Å²) >= 11 is 0. The Bertz CT molecular complexity index is 459. The van der Waals surface area contributed by atoms with Crippen LogP contribution in [0.4, 0.5) is 0 Å². The minimum atomic E-state index is 0.331. The smallest absolute Gasteiger partial charge is 0.119 e. The van der Waals surface area contributed by atoms with Crippen LogP contribution < -0.4 is 4.74 Å². The van der Waals surface area contributed by atoms with E-state index in [-0.39, 0.29) is 0 Å². The second kappa shape index (κ2) is 13.0. The first kappa shape index (κ1) is 20.0. The van der Waals surface area contributed by atoms with Gasteiger partial charge in [0.2, 0.25) is 0 Å². The molecule has 1 aliphatic heterocycles. The fourth-order valence-corrected chi connectivity index (χ4v) is 3.10. The molecule has 1 heterocycles. The van der Waals surface area contributed by atoms with Gasteiger partial charge in [0.05, 0.1) is 6.61 Å². The van der Waals surface area contributed by atoms with Gasteiger partial charge < -0.3 is 9.47 Å². The van der Waals surface area contributed by atoms with E-state index >= 15 is 0 Å². The molecule has 1 aromatic carbocycles. The van der Waals surface area contributed by atoms with E-state index in [2.05, 4.69) is 43.3 Å². The maximum atomic E-state index is 5.67. The van der Waals surface area contributed by atoms with Crippen LogP contribution in [0.2, 0.25) is 0 Å². The molecule has 0 bridgehead atoms. The highest BCUT2D eigenvalue weighted by Crippen LogP contribution is 2.17. The Morgan fingerprint density at radius 3 is 2.12 bits per heavy atom. The van der Waals surface area contributed by atoms with Crippen LogP contribution >= 0.6 is 0 Å². The number of ether oxygens (including phenoxy) is 2. The van der Waals surface area contributed by atoms with Crippen molar-refractivity contribution in [3.05, 3.63) is 42.0 Å². The number of hydrogen-bond donors (Lipinski definition) is 0. The highest BCUT2D eigenvalue weighted by Gasteiger charge is 2.22. The molecule has 2 nitrogen and oxygen atoms in total. The molecule has 2 heteroatoms. The van der Waals surface area contributed by atoms with Gasteiger partial charge in [0.1, 0.15) is 18.5 Å². The number of unbranched alkanes of at least 4 members (excludes halogenated alkanes) is 9. The van der Waals surface area contributed by atoms with Crippen molar-refractivity contribution >= 4 is 0 Å². The molecule has 140 valence electrons. The normalized spacial score (nSPS) is 16.4. The van der Waals surface area contributed by atoms with Crippen molar-refractivity contribution in [3.8, 4) is 5.75 Å². The first-order chi connectivity index (χ1) is 12.4. The van der Waals surface area contributed by atoms with Crippen molar-refractivity contribution in [2.45, 2.75) is 83.7 Å². The molecule has 2 rings (SSSR count). The number of rotatable bonds is 15. The van der Waals surface area contributed by atoms with Crippen LogP contribution in [0.25, 0.3) is 0 Å². The molecule has 1 aromatic rings. The zero-order valence-corrected chi connectivity index (χ0v) is 16.1. The van der Waals surface area contributed by atoms with Crippen LogP contribution in [0.15, 0.2) is 36.4 Å². The first-order valence-corrected chi connectivity index (χ1v) is 10.3. The molecular formula is C23H36O2. The molecule has 1 unspecified atom stereocenters. The predicted molar refractivity (Wildman–Crippen MR) is 106 cm³/mol. The second-order valence-electron chi connectivity index (χ2n) is 7.20. The predicted octanol–water partition coefficient (Wildman–Crippen LogP) is 6.48. The average Bonchev–Trinajstić information content (AvgIpc) is 3.46. The van der Waals surface area contributed by atoms with Crippen molar-refractivity contribution < 1.29 is 9.47 Å². The molecular weight excluding hydrogens is 308 g/mol. The molecule has 1 aliphatic rings. The third-order valence-electron chi connectivity index (χ3n) is 4.83. The molecule has 0 aliphatic carbocycles. The lowest BCUT2D eigenvalue weighted by atomic mass is 10.0. The van der Waals surface area contributed by atoms with Crippen LogP contribution in [0.3, 0.4) is 0 Å². The van der Waals surface area contributed by atoms with Crippen molar-refractivity contribution in [1.82, 2.24) is 0 Å². The summed E-state index contributed by atoms with van der Waals surface area (Å²) in [5.41, 5.74) is 1.43. The van der Waals surface area contributed by atoms with E-state index in [1.165, 1.54) is 76.2 Å². The Labute approximate surface area is 154 Å². The molecule has 25 heavy (non-hydrogen) atoms. The molecule has 1 atom stereocenters. The second-order valence-corrected chi connectivity index (χ2v) is 7.20. The van der Waals surface area contributed by atoms with Crippen molar-refractivity contribution in [1.29, 1.82) is 0 Å². The topological polar surface area (TPSA) is 21.8 Å². The summed E-state index contributed by atoms with van der Waals surface area (Å²) in [6.45, 7) is 3.65. The Morgan fingerprint density at radius 1 is 0.920 bits per heavy atom. The molecule has 1 saturated heterocycles. The molecule has 0 aromatic heterocycles. The highest BCUT2D eigenvalue weighted by molar-refractivity contribution is 5.27. The number of aryl methyl sites for hydroxylation is 1. The number of hydrogen-bond acceptors (Lipinski definition) is 2. The third-order valence-corrected chi connectivity index (χ3v) is 4.83. The first-order valence-electron chi connectivity index (χ1n) is 10.3.